The minimum Gasteiger partial charge on any atom is -0.480 e. The second-order valence-electron chi connectivity index (χ2n) is 10.3. The Labute approximate surface area is 225 Å². The van der Waals surface area contributed by atoms with Gasteiger partial charge in [0.2, 0.25) is 11.8 Å². The number of carboxylic acids is 1. The number of aryl methyl sites for hydroxylation is 1. The summed E-state index contributed by atoms with van der Waals surface area (Å²) in [6, 6.07) is 19.3. The number of amides is 2. The third kappa shape index (κ3) is 4.22. The number of anilines is 2. The maximum absolute atomic E-state index is 14.0. The van der Waals surface area contributed by atoms with Crippen LogP contribution in [0, 0.1) is 28.9 Å². The van der Waals surface area contributed by atoms with Gasteiger partial charge in [0.15, 0.2) is 0 Å². The number of para-hydroxylation sites is 1. The zero-order chi connectivity index (χ0) is 28.1. The highest BCUT2D eigenvalue weighted by Gasteiger charge is 2.68. The van der Waals surface area contributed by atoms with Crippen LogP contribution in [-0.2, 0) is 20.8 Å². The number of aliphatic carboxylic acids is 1. The Kier molecular flexibility index (Phi) is 6.43. The molecule has 10 heteroatoms. The minimum atomic E-state index is -1.82. The summed E-state index contributed by atoms with van der Waals surface area (Å²) in [6.07, 6.45) is -0.144. The average molecular weight is 529 g/mol. The summed E-state index contributed by atoms with van der Waals surface area (Å²) in [5.41, 5.74) is 1.31. The first-order chi connectivity index (χ1) is 18.5. The van der Waals surface area contributed by atoms with Crippen LogP contribution in [0.3, 0.4) is 0 Å². The van der Waals surface area contributed by atoms with Gasteiger partial charge in [-0.15, -0.1) is 0 Å². The highest BCUT2D eigenvalue weighted by atomic mass is 16.6. The van der Waals surface area contributed by atoms with Crippen molar-refractivity contribution in [3.63, 3.8) is 0 Å². The Morgan fingerprint density at radius 3 is 2.23 bits per heavy atom. The molecule has 4 unspecified atom stereocenters. The van der Waals surface area contributed by atoms with Crippen molar-refractivity contribution < 1.29 is 24.4 Å². The SMILES string of the molecule is Cc1ccccc1N1C(=O)C2C(c3ccc(N(C)C)cc3)NC(Cc3ccc([N+](=O)[O-])cc3)(C(=O)O)C2C1=O. The fraction of sp³-hybridized carbons (Fsp3) is 0.276. The molecule has 2 aliphatic rings. The van der Waals surface area contributed by atoms with Gasteiger partial charge in [0.1, 0.15) is 5.54 Å². The van der Waals surface area contributed by atoms with E-state index in [0.29, 0.717) is 16.8 Å². The van der Waals surface area contributed by atoms with E-state index in [2.05, 4.69) is 5.32 Å². The van der Waals surface area contributed by atoms with Gasteiger partial charge < -0.3 is 10.0 Å². The molecule has 0 saturated carbocycles. The van der Waals surface area contributed by atoms with Gasteiger partial charge in [0, 0.05) is 44.4 Å². The Morgan fingerprint density at radius 1 is 1.03 bits per heavy atom. The van der Waals surface area contributed by atoms with Crippen LogP contribution in [-0.4, -0.2) is 47.4 Å². The van der Waals surface area contributed by atoms with Crippen LogP contribution in [0.5, 0.6) is 0 Å². The van der Waals surface area contributed by atoms with Crippen LogP contribution in [0.4, 0.5) is 17.1 Å². The largest absolute Gasteiger partial charge is 0.480 e. The van der Waals surface area contributed by atoms with Crippen molar-refractivity contribution in [3.05, 3.63) is 99.6 Å². The van der Waals surface area contributed by atoms with E-state index in [0.717, 1.165) is 16.2 Å². The quantitative estimate of drug-likeness (QED) is 0.271. The molecule has 200 valence electrons. The normalized spacial score (nSPS) is 24.1. The highest BCUT2D eigenvalue weighted by Crippen LogP contribution is 2.51. The molecule has 2 N–H and O–H groups in total. The zero-order valence-electron chi connectivity index (χ0n) is 21.7. The molecule has 5 rings (SSSR count). The van der Waals surface area contributed by atoms with E-state index in [1.807, 2.05) is 43.3 Å². The van der Waals surface area contributed by atoms with E-state index in [1.165, 1.54) is 24.3 Å². The fourth-order valence-electron chi connectivity index (χ4n) is 5.81. The number of carbonyl (C=O) groups excluding carboxylic acids is 2. The first kappa shape index (κ1) is 26.1. The summed E-state index contributed by atoms with van der Waals surface area (Å²) in [5, 5.41) is 25.0. The summed E-state index contributed by atoms with van der Waals surface area (Å²) < 4.78 is 0. The fourth-order valence-corrected chi connectivity index (χ4v) is 5.81. The minimum absolute atomic E-state index is 0.128. The van der Waals surface area contributed by atoms with Gasteiger partial charge in [0.25, 0.3) is 5.69 Å². The van der Waals surface area contributed by atoms with Crippen LogP contribution < -0.4 is 15.1 Å². The van der Waals surface area contributed by atoms with Gasteiger partial charge in [-0.3, -0.25) is 29.8 Å². The van der Waals surface area contributed by atoms with Gasteiger partial charge in [-0.25, -0.2) is 4.90 Å². The molecular weight excluding hydrogens is 500 g/mol. The number of nitrogens with zero attached hydrogens (tertiary/aromatic N) is 3. The first-order valence-electron chi connectivity index (χ1n) is 12.5. The molecule has 0 bridgehead atoms. The average Bonchev–Trinajstić information content (AvgIpc) is 3.38. The van der Waals surface area contributed by atoms with E-state index in [9.17, 15) is 29.6 Å². The monoisotopic (exact) mass is 528 g/mol. The Balaban J connectivity index is 1.63. The van der Waals surface area contributed by atoms with E-state index in [-0.39, 0.29) is 12.1 Å². The molecule has 0 spiro atoms. The third-order valence-corrected chi connectivity index (χ3v) is 7.79. The van der Waals surface area contributed by atoms with Crippen molar-refractivity contribution in [2.75, 3.05) is 23.9 Å². The molecule has 2 aliphatic heterocycles. The Hall–Kier alpha value is -4.57. The zero-order valence-corrected chi connectivity index (χ0v) is 21.7. The molecule has 39 heavy (non-hydrogen) atoms. The summed E-state index contributed by atoms with van der Waals surface area (Å²) in [4.78, 5) is 54.7. The van der Waals surface area contributed by atoms with Crippen LogP contribution in [0.1, 0.15) is 22.7 Å². The van der Waals surface area contributed by atoms with Crippen molar-refractivity contribution in [2.45, 2.75) is 24.9 Å². The van der Waals surface area contributed by atoms with Crippen molar-refractivity contribution in [3.8, 4) is 0 Å². The van der Waals surface area contributed by atoms with Crippen molar-refractivity contribution in [1.29, 1.82) is 0 Å². The number of carbonyl (C=O) groups is 3. The van der Waals surface area contributed by atoms with E-state index in [1.54, 1.807) is 31.2 Å². The van der Waals surface area contributed by atoms with Gasteiger partial charge in [-0.1, -0.05) is 42.5 Å². The number of nitro groups is 1. The Morgan fingerprint density at radius 2 is 1.67 bits per heavy atom. The maximum atomic E-state index is 14.0. The van der Waals surface area contributed by atoms with Crippen molar-refractivity contribution >= 4 is 34.8 Å². The smallest absolute Gasteiger partial charge is 0.325 e. The molecule has 2 heterocycles. The number of non-ortho nitro benzene ring substituents is 1. The molecule has 2 fully saturated rings. The maximum Gasteiger partial charge on any atom is 0.325 e. The lowest BCUT2D eigenvalue weighted by Gasteiger charge is -2.31. The van der Waals surface area contributed by atoms with Gasteiger partial charge in [-0.2, -0.15) is 0 Å². The number of imide groups is 1. The highest BCUT2D eigenvalue weighted by molar-refractivity contribution is 6.24. The lowest BCUT2D eigenvalue weighted by Crippen LogP contribution is -2.57. The van der Waals surface area contributed by atoms with Crippen LogP contribution in [0.15, 0.2) is 72.8 Å². The molecular formula is C29H28N4O6. The first-order valence-corrected chi connectivity index (χ1v) is 12.5. The summed E-state index contributed by atoms with van der Waals surface area (Å²) in [6.45, 7) is 1.79. The number of hydrogen-bond acceptors (Lipinski definition) is 7. The van der Waals surface area contributed by atoms with Crippen molar-refractivity contribution in [1.82, 2.24) is 5.32 Å². The summed E-state index contributed by atoms with van der Waals surface area (Å²) >= 11 is 0. The lowest BCUT2D eigenvalue weighted by molar-refractivity contribution is -0.384. The van der Waals surface area contributed by atoms with Gasteiger partial charge in [0.05, 0.1) is 22.4 Å². The molecule has 0 aromatic heterocycles. The number of rotatable bonds is 7. The van der Waals surface area contributed by atoms with Gasteiger partial charge >= 0.3 is 5.97 Å². The van der Waals surface area contributed by atoms with Crippen LogP contribution in [0.2, 0.25) is 0 Å². The summed E-state index contributed by atoms with van der Waals surface area (Å²) in [5.74, 6) is -4.47. The van der Waals surface area contributed by atoms with E-state index >= 15 is 0 Å². The number of nitro benzene ring substituents is 1. The van der Waals surface area contributed by atoms with E-state index < -0.39 is 46.1 Å². The number of fused-ring (bicyclic) bond motifs is 1. The topological polar surface area (TPSA) is 133 Å². The predicted octanol–water partition coefficient (Wildman–Crippen LogP) is 3.49. The van der Waals surface area contributed by atoms with Crippen molar-refractivity contribution in [2.24, 2.45) is 11.8 Å². The number of carboxylic acid groups (broad SMARTS) is 1. The van der Waals surface area contributed by atoms with Gasteiger partial charge in [-0.05, 0) is 41.8 Å². The number of hydrogen-bond donors (Lipinski definition) is 2. The second-order valence-corrected chi connectivity index (χ2v) is 10.3. The number of nitrogens with one attached hydrogen (secondary N) is 1. The molecule has 0 radical (unpaired) electrons. The summed E-state index contributed by atoms with van der Waals surface area (Å²) in [7, 11) is 3.80. The second kappa shape index (κ2) is 9.63. The van der Waals surface area contributed by atoms with Crippen LogP contribution in [0.25, 0.3) is 0 Å². The molecule has 2 saturated heterocycles. The Bertz CT molecular complexity index is 1470. The molecule has 3 aromatic carbocycles. The molecule has 3 aromatic rings. The molecule has 10 nitrogen and oxygen atoms in total. The molecule has 4 atom stereocenters. The third-order valence-electron chi connectivity index (χ3n) is 7.79. The van der Waals surface area contributed by atoms with E-state index in [4.69, 9.17) is 0 Å². The standard InChI is InChI=1S/C29H28N4O6/c1-17-6-4-5-7-22(17)32-26(34)23-24(27(32)35)29(28(36)37,16-18-8-12-21(13-9-18)33(38)39)30-25(23)19-10-14-20(15-11-19)31(2)3/h4-15,23-25,30H,16H2,1-3H3,(H,36,37). The van der Waals surface area contributed by atoms with Crippen LogP contribution >= 0.6 is 0 Å². The predicted molar refractivity (Wildman–Crippen MR) is 144 cm³/mol. The molecule has 0 aliphatic carbocycles. The molecule has 2 amide bonds. The lowest BCUT2D eigenvalue weighted by atomic mass is 9.76. The number of benzene rings is 3.